The number of hydrogen-bond donors (Lipinski definition) is 0. The normalized spacial score (nSPS) is 15.8. The Hall–Kier alpha value is -1.91. The number of carbonyl (C=O) groups excluding carboxylic acids is 1. The quantitative estimate of drug-likeness (QED) is 0.739. The number of pyridine rings is 1. The standard InChI is InChI=1S/C12H13N3O2/c1-17-12(16)9-6-3-7-10-13-14-11(15(9)10)8-4-2-5-8/h3,6-8H,2,4-5H2,1H3. The number of fused-ring (bicyclic) bond motifs is 1. The van der Waals surface area contributed by atoms with Crippen molar-refractivity contribution in [2.75, 3.05) is 7.11 Å². The average molecular weight is 231 g/mol. The molecular formula is C12H13N3O2. The van der Waals surface area contributed by atoms with Gasteiger partial charge in [-0.1, -0.05) is 12.5 Å². The third kappa shape index (κ3) is 1.50. The second-order valence-corrected chi connectivity index (χ2v) is 4.28. The summed E-state index contributed by atoms with van der Waals surface area (Å²) in [5.74, 6) is 0.957. The van der Waals surface area contributed by atoms with Crippen molar-refractivity contribution in [3.63, 3.8) is 0 Å². The molecule has 0 N–H and O–H groups in total. The molecule has 0 radical (unpaired) electrons. The lowest BCUT2D eigenvalue weighted by atomic mass is 9.85. The van der Waals surface area contributed by atoms with Crippen LogP contribution in [-0.2, 0) is 4.74 Å². The van der Waals surface area contributed by atoms with Gasteiger partial charge in [-0.25, -0.2) is 4.79 Å². The molecule has 0 aliphatic heterocycles. The Morgan fingerprint density at radius 3 is 2.88 bits per heavy atom. The monoisotopic (exact) mass is 231 g/mol. The van der Waals surface area contributed by atoms with Gasteiger partial charge in [0.1, 0.15) is 11.5 Å². The predicted molar refractivity (Wildman–Crippen MR) is 60.9 cm³/mol. The molecule has 88 valence electrons. The van der Waals surface area contributed by atoms with Crippen molar-refractivity contribution in [2.45, 2.75) is 25.2 Å². The molecule has 0 saturated heterocycles. The molecule has 5 nitrogen and oxygen atoms in total. The summed E-state index contributed by atoms with van der Waals surface area (Å²) in [5.41, 5.74) is 1.20. The van der Waals surface area contributed by atoms with Crippen LogP contribution in [0, 0.1) is 0 Å². The van der Waals surface area contributed by atoms with E-state index in [9.17, 15) is 4.79 Å². The van der Waals surface area contributed by atoms with Crippen molar-refractivity contribution < 1.29 is 9.53 Å². The molecule has 3 rings (SSSR count). The van der Waals surface area contributed by atoms with Crippen LogP contribution >= 0.6 is 0 Å². The maximum Gasteiger partial charge on any atom is 0.355 e. The summed E-state index contributed by atoms with van der Waals surface area (Å²) in [5, 5.41) is 8.30. The molecule has 0 unspecified atom stereocenters. The minimum absolute atomic E-state index is 0.351. The van der Waals surface area contributed by atoms with E-state index < -0.39 is 0 Å². The summed E-state index contributed by atoms with van der Waals surface area (Å²) >= 11 is 0. The van der Waals surface area contributed by atoms with Crippen molar-refractivity contribution in [3.05, 3.63) is 29.7 Å². The number of nitrogens with zero attached hydrogens (tertiary/aromatic N) is 3. The van der Waals surface area contributed by atoms with Crippen LogP contribution < -0.4 is 0 Å². The Labute approximate surface area is 98.4 Å². The smallest absolute Gasteiger partial charge is 0.355 e. The summed E-state index contributed by atoms with van der Waals surface area (Å²) in [6.07, 6.45) is 3.46. The van der Waals surface area contributed by atoms with Crippen LogP contribution in [0.4, 0.5) is 0 Å². The summed E-state index contributed by atoms with van der Waals surface area (Å²) in [6, 6.07) is 5.38. The Bertz CT molecular complexity index is 572. The van der Waals surface area contributed by atoms with Gasteiger partial charge in [0.2, 0.25) is 0 Å². The van der Waals surface area contributed by atoms with E-state index >= 15 is 0 Å². The zero-order valence-electron chi connectivity index (χ0n) is 9.59. The molecule has 2 aromatic heterocycles. The van der Waals surface area contributed by atoms with Crippen molar-refractivity contribution in [3.8, 4) is 0 Å². The minimum atomic E-state index is -0.351. The van der Waals surface area contributed by atoms with E-state index in [0.29, 0.717) is 17.3 Å². The first-order chi connectivity index (χ1) is 8.31. The molecule has 2 heterocycles. The SMILES string of the molecule is COC(=O)c1cccc2nnc(C3CCC3)n12. The van der Waals surface area contributed by atoms with E-state index in [2.05, 4.69) is 10.2 Å². The van der Waals surface area contributed by atoms with Gasteiger partial charge in [0.15, 0.2) is 5.65 Å². The summed E-state index contributed by atoms with van der Waals surface area (Å²) in [7, 11) is 1.38. The molecule has 0 bridgehead atoms. The maximum atomic E-state index is 11.7. The van der Waals surface area contributed by atoms with Crippen molar-refractivity contribution >= 4 is 11.6 Å². The lowest BCUT2D eigenvalue weighted by molar-refractivity contribution is 0.0591. The number of ether oxygens (including phenoxy) is 1. The molecule has 1 aliphatic carbocycles. The van der Waals surface area contributed by atoms with E-state index in [1.165, 1.54) is 13.5 Å². The van der Waals surface area contributed by atoms with Crippen LogP contribution in [0.3, 0.4) is 0 Å². The first-order valence-corrected chi connectivity index (χ1v) is 5.73. The number of methoxy groups -OCH3 is 1. The fourth-order valence-corrected chi connectivity index (χ4v) is 2.16. The molecule has 1 saturated carbocycles. The molecule has 0 atom stereocenters. The lowest BCUT2D eigenvalue weighted by Crippen LogP contribution is -2.16. The van der Waals surface area contributed by atoms with E-state index in [0.717, 1.165) is 18.7 Å². The third-order valence-electron chi connectivity index (χ3n) is 3.32. The highest BCUT2D eigenvalue weighted by Gasteiger charge is 2.26. The highest BCUT2D eigenvalue weighted by Crippen LogP contribution is 2.35. The number of carbonyl (C=O) groups is 1. The third-order valence-corrected chi connectivity index (χ3v) is 3.32. The zero-order chi connectivity index (χ0) is 11.8. The molecule has 1 aliphatic rings. The molecule has 0 spiro atoms. The van der Waals surface area contributed by atoms with Gasteiger partial charge in [-0.05, 0) is 25.0 Å². The topological polar surface area (TPSA) is 56.5 Å². The van der Waals surface area contributed by atoms with Crippen LogP contribution in [0.2, 0.25) is 0 Å². The Kier molecular flexibility index (Phi) is 2.31. The van der Waals surface area contributed by atoms with Crippen LogP contribution in [0.1, 0.15) is 41.5 Å². The van der Waals surface area contributed by atoms with Crippen LogP contribution in [-0.4, -0.2) is 27.7 Å². The second kappa shape index (κ2) is 3.84. The highest BCUT2D eigenvalue weighted by atomic mass is 16.5. The van der Waals surface area contributed by atoms with Crippen LogP contribution in [0.15, 0.2) is 18.2 Å². The van der Waals surface area contributed by atoms with E-state index in [-0.39, 0.29) is 5.97 Å². The van der Waals surface area contributed by atoms with Gasteiger partial charge in [-0.15, -0.1) is 10.2 Å². The van der Waals surface area contributed by atoms with Gasteiger partial charge in [0, 0.05) is 5.92 Å². The molecule has 1 fully saturated rings. The Balaban J connectivity index is 2.20. The number of esters is 1. The average Bonchev–Trinajstić information content (AvgIpc) is 2.70. The largest absolute Gasteiger partial charge is 0.464 e. The van der Waals surface area contributed by atoms with Crippen LogP contribution in [0.25, 0.3) is 5.65 Å². The predicted octanol–water partition coefficient (Wildman–Crippen LogP) is 1.78. The summed E-state index contributed by atoms with van der Waals surface area (Å²) < 4.78 is 6.60. The Morgan fingerprint density at radius 2 is 2.24 bits per heavy atom. The molecular weight excluding hydrogens is 218 g/mol. The number of hydrogen-bond acceptors (Lipinski definition) is 4. The second-order valence-electron chi connectivity index (χ2n) is 4.28. The first kappa shape index (κ1) is 10.3. The van der Waals surface area contributed by atoms with Gasteiger partial charge in [-0.2, -0.15) is 0 Å². The summed E-state index contributed by atoms with van der Waals surface area (Å²) in [4.78, 5) is 11.7. The molecule has 0 amide bonds. The molecule has 17 heavy (non-hydrogen) atoms. The molecule has 0 aromatic carbocycles. The van der Waals surface area contributed by atoms with Crippen molar-refractivity contribution in [1.82, 2.24) is 14.6 Å². The van der Waals surface area contributed by atoms with Gasteiger partial charge < -0.3 is 4.74 Å². The zero-order valence-corrected chi connectivity index (χ0v) is 9.59. The van der Waals surface area contributed by atoms with E-state index in [1.54, 1.807) is 12.1 Å². The van der Waals surface area contributed by atoms with E-state index in [4.69, 9.17) is 4.74 Å². The van der Waals surface area contributed by atoms with Gasteiger partial charge in [0.05, 0.1) is 7.11 Å². The molecule has 5 heteroatoms. The Morgan fingerprint density at radius 1 is 1.41 bits per heavy atom. The van der Waals surface area contributed by atoms with Gasteiger partial charge in [0.25, 0.3) is 0 Å². The molecule has 2 aromatic rings. The van der Waals surface area contributed by atoms with E-state index in [1.807, 2.05) is 10.5 Å². The highest BCUT2D eigenvalue weighted by molar-refractivity contribution is 5.88. The van der Waals surface area contributed by atoms with Crippen molar-refractivity contribution in [2.24, 2.45) is 0 Å². The minimum Gasteiger partial charge on any atom is -0.464 e. The lowest BCUT2D eigenvalue weighted by Gasteiger charge is -2.23. The number of aromatic nitrogens is 3. The van der Waals surface area contributed by atoms with Gasteiger partial charge >= 0.3 is 5.97 Å². The van der Waals surface area contributed by atoms with Gasteiger partial charge in [-0.3, -0.25) is 4.40 Å². The summed E-state index contributed by atoms with van der Waals surface area (Å²) in [6.45, 7) is 0. The first-order valence-electron chi connectivity index (χ1n) is 5.73. The fraction of sp³-hybridized carbons (Fsp3) is 0.417. The maximum absolute atomic E-state index is 11.7. The number of rotatable bonds is 2. The fourth-order valence-electron chi connectivity index (χ4n) is 2.16. The van der Waals surface area contributed by atoms with Crippen LogP contribution in [0.5, 0.6) is 0 Å². The van der Waals surface area contributed by atoms with Crippen molar-refractivity contribution in [1.29, 1.82) is 0 Å².